The second-order valence-electron chi connectivity index (χ2n) is 6.23. The van der Waals surface area contributed by atoms with Crippen LogP contribution >= 0.6 is 0 Å². The van der Waals surface area contributed by atoms with Crippen LogP contribution in [-0.4, -0.2) is 29.9 Å². The van der Waals surface area contributed by atoms with E-state index in [2.05, 4.69) is 19.2 Å². The van der Waals surface area contributed by atoms with Crippen molar-refractivity contribution in [3.8, 4) is 5.75 Å². The average Bonchev–Trinajstić information content (AvgIpc) is 2.41. The van der Waals surface area contributed by atoms with E-state index in [1.54, 1.807) is 19.1 Å². The molecule has 2 N–H and O–H groups in total. The maximum atomic E-state index is 13.1. The number of nitrogens with one attached hydrogen (secondary N) is 1. The van der Waals surface area contributed by atoms with Gasteiger partial charge in [-0.3, -0.25) is 0 Å². The van der Waals surface area contributed by atoms with Crippen molar-refractivity contribution in [1.82, 2.24) is 5.32 Å². The van der Waals surface area contributed by atoms with E-state index in [1.807, 2.05) is 6.92 Å². The highest BCUT2D eigenvalue weighted by molar-refractivity contribution is 5.28. The predicted octanol–water partition coefficient (Wildman–Crippen LogP) is 3.43. The van der Waals surface area contributed by atoms with Gasteiger partial charge in [0.15, 0.2) is 0 Å². The van der Waals surface area contributed by atoms with Crippen LogP contribution in [0.4, 0.5) is 4.39 Å². The Labute approximate surface area is 127 Å². The Morgan fingerprint density at radius 3 is 2.62 bits per heavy atom. The Morgan fingerprint density at radius 1 is 1.33 bits per heavy atom. The SMILES string of the molecule is Cc1cc(OCCCCC(C)(CO)NC(C)C)ccc1F. The van der Waals surface area contributed by atoms with Crippen LogP contribution in [0.25, 0.3) is 0 Å². The smallest absolute Gasteiger partial charge is 0.126 e. The van der Waals surface area contributed by atoms with Gasteiger partial charge in [-0.25, -0.2) is 4.39 Å². The molecule has 0 aliphatic heterocycles. The zero-order valence-electron chi connectivity index (χ0n) is 13.6. The van der Waals surface area contributed by atoms with Crippen molar-refractivity contribution in [3.63, 3.8) is 0 Å². The monoisotopic (exact) mass is 297 g/mol. The fraction of sp³-hybridized carbons (Fsp3) is 0.647. The maximum absolute atomic E-state index is 13.1. The molecule has 1 unspecified atom stereocenters. The van der Waals surface area contributed by atoms with Crippen LogP contribution in [0, 0.1) is 12.7 Å². The molecule has 1 aromatic carbocycles. The van der Waals surface area contributed by atoms with E-state index in [4.69, 9.17) is 4.74 Å². The molecule has 0 spiro atoms. The molecule has 1 atom stereocenters. The molecule has 0 aromatic heterocycles. The molecular weight excluding hydrogens is 269 g/mol. The van der Waals surface area contributed by atoms with Crippen molar-refractivity contribution >= 4 is 0 Å². The van der Waals surface area contributed by atoms with Crippen LogP contribution in [0.5, 0.6) is 5.75 Å². The zero-order chi connectivity index (χ0) is 15.9. The number of aliphatic hydroxyl groups is 1. The van der Waals surface area contributed by atoms with Gasteiger partial charge in [-0.1, -0.05) is 13.8 Å². The lowest BCUT2D eigenvalue weighted by Crippen LogP contribution is -2.49. The summed E-state index contributed by atoms with van der Waals surface area (Å²) in [6.07, 6.45) is 2.77. The van der Waals surface area contributed by atoms with E-state index in [0.29, 0.717) is 24.0 Å². The highest BCUT2D eigenvalue weighted by Crippen LogP contribution is 2.18. The van der Waals surface area contributed by atoms with Gasteiger partial charge in [-0.15, -0.1) is 0 Å². The lowest BCUT2D eigenvalue weighted by molar-refractivity contribution is 0.152. The number of rotatable bonds is 9. The van der Waals surface area contributed by atoms with Crippen molar-refractivity contribution in [3.05, 3.63) is 29.6 Å². The molecule has 0 saturated carbocycles. The van der Waals surface area contributed by atoms with Crippen LogP contribution in [0.1, 0.15) is 45.6 Å². The van der Waals surface area contributed by atoms with E-state index < -0.39 is 0 Å². The molecule has 21 heavy (non-hydrogen) atoms. The second-order valence-corrected chi connectivity index (χ2v) is 6.23. The summed E-state index contributed by atoms with van der Waals surface area (Å²) < 4.78 is 18.8. The lowest BCUT2D eigenvalue weighted by Gasteiger charge is -2.31. The van der Waals surface area contributed by atoms with Crippen LogP contribution in [-0.2, 0) is 0 Å². The molecule has 1 rings (SSSR count). The van der Waals surface area contributed by atoms with Gasteiger partial charge in [0.25, 0.3) is 0 Å². The number of hydrogen-bond acceptors (Lipinski definition) is 3. The van der Waals surface area contributed by atoms with E-state index in [0.717, 1.165) is 19.3 Å². The quantitative estimate of drug-likeness (QED) is 0.686. The van der Waals surface area contributed by atoms with Gasteiger partial charge < -0.3 is 15.2 Å². The van der Waals surface area contributed by atoms with Crippen LogP contribution in [0.15, 0.2) is 18.2 Å². The van der Waals surface area contributed by atoms with Crippen LogP contribution in [0.2, 0.25) is 0 Å². The minimum atomic E-state index is -0.235. The summed E-state index contributed by atoms with van der Waals surface area (Å²) in [6, 6.07) is 5.15. The molecular formula is C17H28FNO2. The number of benzene rings is 1. The van der Waals surface area contributed by atoms with E-state index in [9.17, 15) is 9.50 Å². The van der Waals surface area contributed by atoms with Crippen molar-refractivity contribution in [1.29, 1.82) is 0 Å². The molecule has 0 amide bonds. The summed E-state index contributed by atoms with van der Waals surface area (Å²) in [4.78, 5) is 0. The fourth-order valence-corrected chi connectivity index (χ4v) is 2.41. The first-order valence-corrected chi connectivity index (χ1v) is 7.64. The van der Waals surface area contributed by atoms with Gasteiger partial charge in [0.1, 0.15) is 11.6 Å². The molecule has 0 heterocycles. The first-order chi connectivity index (χ1) is 9.86. The Morgan fingerprint density at radius 2 is 2.05 bits per heavy atom. The van der Waals surface area contributed by atoms with Gasteiger partial charge in [0.05, 0.1) is 13.2 Å². The number of aryl methyl sites for hydroxylation is 1. The van der Waals surface area contributed by atoms with Gasteiger partial charge >= 0.3 is 0 Å². The second kappa shape index (κ2) is 8.35. The van der Waals surface area contributed by atoms with E-state index in [-0.39, 0.29) is 18.0 Å². The van der Waals surface area contributed by atoms with Crippen molar-refractivity contribution < 1.29 is 14.2 Å². The minimum absolute atomic E-state index is 0.128. The zero-order valence-corrected chi connectivity index (χ0v) is 13.6. The standard InChI is InChI=1S/C17H28FNO2/c1-13(2)19-17(4,12-20)9-5-6-10-21-15-7-8-16(18)14(3)11-15/h7-8,11,13,19-20H,5-6,9-10,12H2,1-4H3. The topological polar surface area (TPSA) is 41.5 Å². The van der Waals surface area contributed by atoms with Gasteiger partial charge in [-0.05, 0) is 56.9 Å². The van der Waals surface area contributed by atoms with Crippen molar-refractivity contribution in [2.45, 2.75) is 58.5 Å². The van der Waals surface area contributed by atoms with Crippen LogP contribution in [0.3, 0.4) is 0 Å². The fourth-order valence-electron chi connectivity index (χ4n) is 2.41. The minimum Gasteiger partial charge on any atom is -0.494 e. The summed E-state index contributed by atoms with van der Waals surface area (Å²) in [5.41, 5.74) is 0.363. The molecule has 0 saturated heterocycles. The predicted molar refractivity (Wildman–Crippen MR) is 84.2 cm³/mol. The largest absolute Gasteiger partial charge is 0.494 e. The number of unbranched alkanes of at least 4 members (excludes halogenated alkanes) is 1. The molecule has 1 aromatic rings. The normalized spacial score (nSPS) is 14.2. The maximum Gasteiger partial charge on any atom is 0.126 e. The summed E-state index contributed by atoms with van der Waals surface area (Å²) in [6.45, 7) is 8.66. The first kappa shape index (κ1) is 17.9. The highest BCUT2D eigenvalue weighted by Gasteiger charge is 2.22. The van der Waals surface area contributed by atoms with Gasteiger partial charge in [-0.2, -0.15) is 0 Å². The van der Waals surface area contributed by atoms with Crippen LogP contribution < -0.4 is 10.1 Å². The number of aliphatic hydroxyl groups excluding tert-OH is 1. The summed E-state index contributed by atoms with van der Waals surface area (Å²) in [7, 11) is 0. The van der Waals surface area contributed by atoms with E-state index in [1.165, 1.54) is 6.07 Å². The highest BCUT2D eigenvalue weighted by atomic mass is 19.1. The molecule has 3 nitrogen and oxygen atoms in total. The first-order valence-electron chi connectivity index (χ1n) is 7.64. The molecule has 0 aliphatic rings. The Kier molecular flexibility index (Phi) is 7.12. The van der Waals surface area contributed by atoms with Crippen molar-refractivity contribution in [2.75, 3.05) is 13.2 Å². The molecule has 0 bridgehead atoms. The van der Waals surface area contributed by atoms with Gasteiger partial charge in [0, 0.05) is 11.6 Å². The summed E-state index contributed by atoms with van der Waals surface area (Å²) >= 11 is 0. The van der Waals surface area contributed by atoms with Gasteiger partial charge in [0.2, 0.25) is 0 Å². The Balaban J connectivity index is 2.29. The molecule has 4 heteroatoms. The number of ether oxygens (including phenoxy) is 1. The third-order valence-corrected chi connectivity index (χ3v) is 3.51. The lowest BCUT2D eigenvalue weighted by atomic mass is 9.95. The summed E-state index contributed by atoms with van der Waals surface area (Å²) in [5.74, 6) is 0.500. The molecule has 0 fully saturated rings. The van der Waals surface area contributed by atoms with E-state index >= 15 is 0 Å². The third-order valence-electron chi connectivity index (χ3n) is 3.51. The molecule has 120 valence electrons. The Hall–Kier alpha value is -1.13. The van der Waals surface area contributed by atoms with Crippen molar-refractivity contribution in [2.24, 2.45) is 0 Å². The number of hydrogen-bond donors (Lipinski definition) is 2. The third kappa shape index (κ3) is 6.44. The average molecular weight is 297 g/mol. The molecule has 0 aliphatic carbocycles. The Bertz CT molecular complexity index is 437. The number of halogens is 1. The molecule has 0 radical (unpaired) electrons. The summed E-state index contributed by atoms with van der Waals surface area (Å²) in [5, 5.41) is 12.9.